The number of hydrogen-bond donors (Lipinski definition) is 0. The summed E-state index contributed by atoms with van der Waals surface area (Å²) in [6, 6.07) is 22.9. The van der Waals surface area contributed by atoms with Crippen LogP contribution in [0, 0.1) is 0 Å². The van der Waals surface area contributed by atoms with E-state index in [1.54, 1.807) is 0 Å². The second-order valence-corrected chi connectivity index (χ2v) is 6.06. The van der Waals surface area contributed by atoms with Gasteiger partial charge in [-0.25, -0.2) is 4.98 Å². The molecular weight excluding hydrogens is 296 g/mol. The minimum absolute atomic E-state index is 0.726. The van der Waals surface area contributed by atoms with Gasteiger partial charge in [0.2, 0.25) is 0 Å². The van der Waals surface area contributed by atoms with Gasteiger partial charge in [0.1, 0.15) is 0 Å². The molecule has 3 heteroatoms. The highest BCUT2D eigenvalue weighted by atomic mass is 16.5. The van der Waals surface area contributed by atoms with Crippen LogP contribution in [0.15, 0.2) is 66.7 Å². The van der Waals surface area contributed by atoms with Crippen molar-refractivity contribution in [2.75, 3.05) is 25.1 Å². The molecule has 0 radical (unpaired) electrons. The number of nitrogens with zero attached hydrogens (tertiary/aromatic N) is 2. The summed E-state index contributed by atoms with van der Waals surface area (Å²) in [5.41, 5.74) is 4.36. The molecule has 0 N–H and O–H groups in total. The molecule has 3 aromatic rings. The van der Waals surface area contributed by atoms with Gasteiger partial charge in [-0.2, -0.15) is 0 Å². The maximum absolute atomic E-state index is 6.09. The average molecular weight is 316 g/mol. The van der Waals surface area contributed by atoms with Gasteiger partial charge >= 0.3 is 0 Å². The lowest BCUT2D eigenvalue weighted by molar-refractivity contribution is 0.323. The summed E-state index contributed by atoms with van der Waals surface area (Å²) in [7, 11) is 2.09. The number of pyridine rings is 1. The monoisotopic (exact) mass is 316 g/mol. The Morgan fingerprint density at radius 2 is 1.58 bits per heavy atom. The minimum Gasteiger partial charge on any atom is -0.489 e. The van der Waals surface area contributed by atoms with Gasteiger partial charge in [-0.3, -0.25) is 0 Å². The van der Waals surface area contributed by atoms with Crippen LogP contribution in [-0.2, 0) is 0 Å². The van der Waals surface area contributed by atoms with Crippen LogP contribution in [0.1, 0.15) is 6.42 Å². The zero-order valence-electron chi connectivity index (χ0n) is 13.8. The fourth-order valence-corrected chi connectivity index (χ4v) is 3.09. The lowest BCUT2D eigenvalue weighted by Crippen LogP contribution is -2.18. The number of aromatic nitrogens is 1. The largest absolute Gasteiger partial charge is 0.489 e. The van der Waals surface area contributed by atoms with Crippen molar-refractivity contribution in [3.63, 3.8) is 0 Å². The van der Waals surface area contributed by atoms with E-state index in [4.69, 9.17) is 9.72 Å². The summed E-state index contributed by atoms with van der Waals surface area (Å²) in [6.07, 6.45) is 1.00. The second-order valence-electron chi connectivity index (χ2n) is 6.06. The van der Waals surface area contributed by atoms with Crippen LogP contribution in [0.4, 0.5) is 5.82 Å². The van der Waals surface area contributed by atoms with Gasteiger partial charge in [0.15, 0.2) is 11.6 Å². The predicted octanol–water partition coefficient (Wildman–Crippen LogP) is 4.63. The van der Waals surface area contributed by atoms with Crippen molar-refractivity contribution in [1.29, 1.82) is 0 Å². The first-order valence-electron chi connectivity index (χ1n) is 8.33. The number of fused-ring (bicyclic) bond motifs is 1. The molecule has 4 rings (SSSR count). The molecule has 3 nitrogen and oxygen atoms in total. The smallest absolute Gasteiger partial charge is 0.172 e. The van der Waals surface area contributed by atoms with E-state index in [0.717, 1.165) is 53.5 Å². The Morgan fingerprint density at radius 1 is 0.917 bits per heavy atom. The molecule has 0 bridgehead atoms. The van der Waals surface area contributed by atoms with E-state index >= 15 is 0 Å². The van der Waals surface area contributed by atoms with E-state index in [9.17, 15) is 0 Å². The maximum atomic E-state index is 6.09. The molecule has 0 saturated carbocycles. The van der Waals surface area contributed by atoms with Crippen LogP contribution < -0.4 is 9.64 Å². The quantitative estimate of drug-likeness (QED) is 0.689. The van der Waals surface area contributed by atoms with Gasteiger partial charge in [0, 0.05) is 24.7 Å². The van der Waals surface area contributed by atoms with Gasteiger partial charge in [-0.15, -0.1) is 0 Å². The summed E-state index contributed by atoms with van der Waals surface area (Å²) in [5.74, 6) is 1.81. The summed E-state index contributed by atoms with van der Waals surface area (Å²) in [4.78, 5) is 7.11. The van der Waals surface area contributed by atoms with Crippen LogP contribution in [0.3, 0.4) is 0 Å². The van der Waals surface area contributed by atoms with Crippen molar-refractivity contribution in [3.05, 3.63) is 66.7 Å². The number of anilines is 1. The first-order chi connectivity index (χ1) is 11.8. The molecule has 0 unspecified atom stereocenters. The fraction of sp³-hybridized carbons (Fsp3) is 0.190. The molecule has 0 saturated heterocycles. The van der Waals surface area contributed by atoms with Crippen molar-refractivity contribution >= 4 is 5.82 Å². The Morgan fingerprint density at radius 3 is 2.29 bits per heavy atom. The lowest BCUT2D eigenvalue weighted by Gasteiger charge is -2.20. The average Bonchev–Trinajstić information content (AvgIpc) is 2.84. The molecule has 0 amide bonds. The molecule has 120 valence electrons. The number of benzene rings is 2. The summed E-state index contributed by atoms with van der Waals surface area (Å²) >= 11 is 0. The maximum Gasteiger partial charge on any atom is 0.172 e. The number of hydrogen-bond acceptors (Lipinski definition) is 3. The highest BCUT2D eigenvalue weighted by Crippen LogP contribution is 2.40. The summed E-state index contributed by atoms with van der Waals surface area (Å²) in [6.45, 7) is 1.68. The molecule has 1 aromatic heterocycles. The highest BCUT2D eigenvalue weighted by molar-refractivity contribution is 5.81. The van der Waals surface area contributed by atoms with Crippen LogP contribution in [0.25, 0.3) is 22.4 Å². The Balaban J connectivity index is 1.95. The minimum atomic E-state index is 0.726. The van der Waals surface area contributed by atoms with Crippen LogP contribution in [-0.4, -0.2) is 25.2 Å². The third-order valence-corrected chi connectivity index (χ3v) is 4.36. The number of ether oxygens (including phenoxy) is 1. The van der Waals surface area contributed by atoms with E-state index in [1.165, 1.54) is 0 Å². The van der Waals surface area contributed by atoms with Crippen molar-refractivity contribution in [2.24, 2.45) is 0 Å². The van der Waals surface area contributed by atoms with Gasteiger partial charge in [0.25, 0.3) is 0 Å². The topological polar surface area (TPSA) is 25.4 Å². The van der Waals surface area contributed by atoms with Gasteiger partial charge in [-0.1, -0.05) is 60.7 Å². The van der Waals surface area contributed by atoms with Gasteiger partial charge in [-0.05, 0) is 18.1 Å². The van der Waals surface area contributed by atoms with E-state index in [0.29, 0.717) is 0 Å². The van der Waals surface area contributed by atoms with E-state index in [1.807, 2.05) is 24.3 Å². The van der Waals surface area contributed by atoms with Crippen molar-refractivity contribution in [1.82, 2.24) is 4.98 Å². The van der Waals surface area contributed by atoms with E-state index < -0.39 is 0 Å². The Labute approximate surface area is 142 Å². The molecule has 1 aliphatic rings. The van der Waals surface area contributed by atoms with Crippen LogP contribution in [0.5, 0.6) is 5.75 Å². The van der Waals surface area contributed by atoms with Crippen molar-refractivity contribution in [3.8, 4) is 28.1 Å². The standard InChI is InChI=1S/C21H20N2O/c1-23-13-8-14-24-20-18(16-9-4-2-5-10-16)15-19(22-21(20)23)17-11-6-3-7-12-17/h2-7,9-12,15H,8,13-14H2,1H3. The third kappa shape index (κ3) is 2.73. The zero-order valence-corrected chi connectivity index (χ0v) is 13.8. The predicted molar refractivity (Wildman–Crippen MR) is 98.5 cm³/mol. The Hall–Kier alpha value is -2.81. The Bertz CT molecular complexity index is 831. The van der Waals surface area contributed by atoms with Gasteiger partial charge in [0.05, 0.1) is 12.3 Å². The second kappa shape index (κ2) is 6.36. The van der Waals surface area contributed by atoms with E-state index in [2.05, 4.69) is 54.4 Å². The zero-order chi connectivity index (χ0) is 16.4. The molecular formula is C21H20N2O. The summed E-state index contributed by atoms with van der Waals surface area (Å²) in [5, 5.41) is 0. The van der Waals surface area contributed by atoms with Gasteiger partial charge < -0.3 is 9.64 Å². The van der Waals surface area contributed by atoms with Crippen molar-refractivity contribution < 1.29 is 4.74 Å². The molecule has 2 aromatic carbocycles. The first-order valence-corrected chi connectivity index (χ1v) is 8.33. The highest BCUT2D eigenvalue weighted by Gasteiger charge is 2.21. The lowest BCUT2D eigenvalue weighted by atomic mass is 10.0. The fourth-order valence-electron chi connectivity index (χ4n) is 3.09. The number of rotatable bonds is 2. The van der Waals surface area contributed by atoms with E-state index in [-0.39, 0.29) is 0 Å². The normalized spacial score (nSPS) is 13.8. The van der Waals surface area contributed by atoms with Crippen molar-refractivity contribution in [2.45, 2.75) is 6.42 Å². The summed E-state index contributed by atoms with van der Waals surface area (Å²) < 4.78 is 6.09. The molecule has 2 heterocycles. The molecule has 1 aliphatic heterocycles. The third-order valence-electron chi connectivity index (χ3n) is 4.36. The SMILES string of the molecule is CN1CCCOc2c(-c3ccccc3)cc(-c3ccccc3)nc21. The Kier molecular flexibility index (Phi) is 3.91. The molecule has 0 fully saturated rings. The molecule has 0 atom stereocenters. The molecule has 24 heavy (non-hydrogen) atoms. The first kappa shape index (κ1) is 14.8. The van der Waals surface area contributed by atoms with Crippen LogP contribution in [0.2, 0.25) is 0 Å². The van der Waals surface area contributed by atoms with Crippen LogP contribution >= 0.6 is 0 Å². The molecule has 0 aliphatic carbocycles. The molecule has 0 spiro atoms.